The maximum atomic E-state index is 12.7. The molecule has 0 radical (unpaired) electrons. The van der Waals surface area contributed by atoms with Crippen molar-refractivity contribution in [2.24, 2.45) is 15.0 Å². The molecule has 180 valence electrons. The molecule has 0 N–H and O–H groups in total. The minimum atomic E-state index is -0.675. The highest BCUT2D eigenvalue weighted by Gasteiger charge is 2.23. The van der Waals surface area contributed by atoms with E-state index in [-0.39, 0.29) is 17.3 Å². The Morgan fingerprint density at radius 1 is 1.09 bits per heavy atom. The molecule has 4 rings (SSSR count). The van der Waals surface area contributed by atoms with E-state index in [1.54, 1.807) is 26.8 Å². The van der Waals surface area contributed by atoms with Crippen molar-refractivity contribution in [1.29, 1.82) is 5.26 Å². The fourth-order valence-electron chi connectivity index (χ4n) is 3.53. The molecular weight excluding hydrogens is 446 g/mol. The van der Waals surface area contributed by atoms with Crippen LogP contribution in [-0.2, 0) is 4.74 Å². The van der Waals surface area contributed by atoms with Crippen LogP contribution in [0.15, 0.2) is 57.4 Å². The average molecular weight is 474 g/mol. The third-order valence-electron chi connectivity index (χ3n) is 5.11. The SMILES string of the molecule is CN1CCN=C1c1cccc(OC2=NCCC(Oc3cc(C#N)ccc3C(=O)OC(C)(C)C)=N2)c1. The van der Waals surface area contributed by atoms with Gasteiger partial charge in [-0.25, -0.2) is 9.79 Å². The summed E-state index contributed by atoms with van der Waals surface area (Å²) in [5.74, 6) is 1.47. The second-order valence-corrected chi connectivity index (χ2v) is 9.10. The van der Waals surface area contributed by atoms with Crippen LogP contribution in [-0.4, -0.2) is 60.9 Å². The summed E-state index contributed by atoms with van der Waals surface area (Å²) in [5, 5.41) is 9.30. The predicted octanol–water partition coefficient (Wildman–Crippen LogP) is 3.82. The molecular formula is C26H27N5O4. The average Bonchev–Trinajstić information content (AvgIpc) is 3.24. The Morgan fingerprint density at radius 2 is 1.91 bits per heavy atom. The van der Waals surface area contributed by atoms with Crippen molar-refractivity contribution >= 4 is 23.7 Å². The first-order valence-corrected chi connectivity index (χ1v) is 11.3. The lowest BCUT2D eigenvalue weighted by Gasteiger charge is -2.21. The Balaban J connectivity index is 1.53. The van der Waals surface area contributed by atoms with Gasteiger partial charge in [-0.2, -0.15) is 10.3 Å². The van der Waals surface area contributed by atoms with Gasteiger partial charge in [-0.1, -0.05) is 12.1 Å². The van der Waals surface area contributed by atoms with Gasteiger partial charge in [0.1, 0.15) is 28.5 Å². The number of benzene rings is 2. The van der Waals surface area contributed by atoms with Crippen LogP contribution in [0.2, 0.25) is 0 Å². The van der Waals surface area contributed by atoms with Crippen molar-refractivity contribution in [3.63, 3.8) is 0 Å². The van der Waals surface area contributed by atoms with E-state index in [1.165, 1.54) is 12.1 Å². The van der Waals surface area contributed by atoms with Crippen molar-refractivity contribution in [1.82, 2.24) is 4.90 Å². The van der Waals surface area contributed by atoms with Crippen molar-refractivity contribution in [3.8, 4) is 17.6 Å². The molecule has 2 aliphatic rings. The van der Waals surface area contributed by atoms with Crippen LogP contribution in [0.4, 0.5) is 0 Å². The first kappa shape index (κ1) is 24.0. The number of carbonyl (C=O) groups is 1. The first-order chi connectivity index (χ1) is 16.7. The number of amidine groups is 2. The lowest BCUT2D eigenvalue weighted by atomic mass is 10.1. The predicted molar refractivity (Wildman–Crippen MR) is 132 cm³/mol. The van der Waals surface area contributed by atoms with Gasteiger partial charge in [0.25, 0.3) is 0 Å². The van der Waals surface area contributed by atoms with Gasteiger partial charge in [-0.15, -0.1) is 0 Å². The fraction of sp³-hybridized carbons (Fsp3) is 0.346. The van der Waals surface area contributed by atoms with Crippen molar-refractivity contribution in [2.45, 2.75) is 32.8 Å². The lowest BCUT2D eigenvalue weighted by molar-refractivity contribution is 0.00676. The van der Waals surface area contributed by atoms with Gasteiger partial charge in [0.2, 0.25) is 5.90 Å². The van der Waals surface area contributed by atoms with E-state index in [4.69, 9.17) is 14.2 Å². The van der Waals surface area contributed by atoms with E-state index in [0.717, 1.165) is 24.5 Å². The molecule has 0 unspecified atom stereocenters. The molecule has 0 fully saturated rings. The summed E-state index contributed by atoms with van der Waals surface area (Å²) in [5.41, 5.74) is 0.840. The van der Waals surface area contributed by atoms with E-state index in [1.807, 2.05) is 31.3 Å². The third-order valence-corrected chi connectivity index (χ3v) is 5.11. The fourth-order valence-corrected chi connectivity index (χ4v) is 3.53. The molecule has 35 heavy (non-hydrogen) atoms. The largest absolute Gasteiger partial charge is 0.456 e. The van der Waals surface area contributed by atoms with Gasteiger partial charge in [-0.05, 0) is 51.1 Å². The number of likely N-dealkylation sites (N-methyl/N-ethyl adjacent to an activating group) is 1. The van der Waals surface area contributed by atoms with E-state index < -0.39 is 11.6 Å². The maximum absolute atomic E-state index is 12.7. The maximum Gasteiger partial charge on any atom is 0.342 e. The number of esters is 1. The molecule has 0 aromatic heterocycles. The van der Waals surface area contributed by atoms with Crippen LogP contribution in [0.5, 0.6) is 11.5 Å². The first-order valence-electron chi connectivity index (χ1n) is 11.3. The molecule has 2 aromatic rings. The summed E-state index contributed by atoms with van der Waals surface area (Å²) in [6.07, 6.45) is 0.416. The zero-order chi connectivity index (χ0) is 25.0. The number of carbonyl (C=O) groups excluding carboxylic acids is 1. The molecule has 2 aromatic carbocycles. The van der Waals surface area contributed by atoms with Crippen molar-refractivity contribution in [2.75, 3.05) is 26.7 Å². The van der Waals surface area contributed by atoms with Crippen molar-refractivity contribution < 1.29 is 19.0 Å². The highest BCUT2D eigenvalue weighted by molar-refractivity contribution is 6.00. The van der Waals surface area contributed by atoms with Gasteiger partial charge < -0.3 is 19.1 Å². The number of rotatable bonds is 4. The number of nitrogens with zero attached hydrogens (tertiary/aromatic N) is 5. The molecule has 0 amide bonds. The number of ether oxygens (including phenoxy) is 3. The van der Waals surface area contributed by atoms with Gasteiger partial charge >= 0.3 is 12.0 Å². The normalized spacial score (nSPS) is 15.5. The highest BCUT2D eigenvalue weighted by Crippen LogP contribution is 2.25. The Kier molecular flexibility index (Phi) is 6.82. The molecule has 2 aliphatic heterocycles. The minimum absolute atomic E-state index is 0.153. The zero-order valence-electron chi connectivity index (χ0n) is 20.2. The Hall–Kier alpha value is -4.19. The molecule has 9 heteroatoms. The van der Waals surface area contributed by atoms with Crippen LogP contribution >= 0.6 is 0 Å². The van der Waals surface area contributed by atoms with E-state index in [0.29, 0.717) is 30.2 Å². The topological polar surface area (TPSA) is 109 Å². The molecule has 0 saturated heterocycles. The summed E-state index contributed by atoms with van der Waals surface area (Å²) < 4.78 is 17.4. The molecule has 0 aliphatic carbocycles. The van der Waals surface area contributed by atoms with E-state index in [9.17, 15) is 10.1 Å². The summed E-state index contributed by atoms with van der Waals surface area (Å²) >= 11 is 0. The highest BCUT2D eigenvalue weighted by atomic mass is 16.6. The Labute approximate surface area is 204 Å². The number of hydrogen-bond acceptors (Lipinski definition) is 9. The van der Waals surface area contributed by atoms with Gasteiger partial charge in [0, 0.05) is 25.6 Å². The smallest absolute Gasteiger partial charge is 0.342 e. The van der Waals surface area contributed by atoms with Gasteiger partial charge in [0.05, 0.1) is 24.7 Å². The second kappa shape index (κ2) is 9.97. The van der Waals surface area contributed by atoms with Crippen LogP contribution in [0.3, 0.4) is 0 Å². The standard InChI is InChI=1S/C26H27N5O4/c1-26(2,3)35-24(32)20-9-8-17(16-27)14-21(20)34-22-10-11-29-25(30-22)33-19-7-5-6-18(15-19)23-28-12-13-31(23)4/h5-9,14-15H,10-13H2,1-4H3. The van der Waals surface area contributed by atoms with Crippen LogP contribution in [0.25, 0.3) is 0 Å². The Bertz CT molecular complexity index is 1270. The Morgan fingerprint density at radius 3 is 2.63 bits per heavy atom. The third kappa shape index (κ3) is 6.03. The molecule has 2 heterocycles. The minimum Gasteiger partial charge on any atom is -0.456 e. The number of nitriles is 1. The zero-order valence-corrected chi connectivity index (χ0v) is 20.2. The van der Waals surface area contributed by atoms with E-state index >= 15 is 0 Å². The number of aliphatic imine (C=N–C) groups is 3. The number of hydrogen-bond donors (Lipinski definition) is 0. The molecule has 9 nitrogen and oxygen atoms in total. The second-order valence-electron chi connectivity index (χ2n) is 9.10. The molecule has 0 atom stereocenters. The summed E-state index contributed by atoms with van der Waals surface area (Å²) in [6.45, 7) is 7.42. The monoisotopic (exact) mass is 473 g/mol. The molecule has 0 saturated carbocycles. The summed E-state index contributed by atoms with van der Waals surface area (Å²) in [6, 6.07) is 14.4. The van der Waals surface area contributed by atoms with Crippen LogP contribution in [0, 0.1) is 11.3 Å². The molecule has 0 spiro atoms. The van der Waals surface area contributed by atoms with E-state index in [2.05, 4.69) is 25.9 Å². The van der Waals surface area contributed by atoms with Crippen LogP contribution in [0.1, 0.15) is 48.7 Å². The summed E-state index contributed by atoms with van der Waals surface area (Å²) in [7, 11) is 2.01. The molecule has 0 bridgehead atoms. The van der Waals surface area contributed by atoms with Crippen molar-refractivity contribution in [3.05, 3.63) is 59.2 Å². The quantitative estimate of drug-likeness (QED) is 0.625. The summed E-state index contributed by atoms with van der Waals surface area (Å²) in [4.78, 5) is 28.1. The lowest BCUT2D eigenvalue weighted by Crippen LogP contribution is -2.25. The van der Waals surface area contributed by atoms with Gasteiger partial charge in [-0.3, -0.25) is 4.99 Å². The van der Waals surface area contributed by atoms with Gasteiger partial charge in [0.15, 0.2) is 0 Å². The van der Waals surface area contributed by atoms with Crippen LogP contribution < -0.4 is 9.47 Å².